The fourth-order valence-corrected chi connectivity index (χ4v) is 2.51. The molecule has 0 bridgehead atoms. The number of aryl methyl sites for hydroxylation is 1. The summed E-state index contributed by atoms with van der Waals surface area (Å²) in [5, 5.41) is 6.63. The van der Waals surface area contributed by atoms with E-state index in [-0.39, 0.29) is 5.78 Å². The summed E-state index contributed by atoms with van der Waals surface area (Å²) < 4.78 is 3.80. The highest BCUT2D eigenvalue weighted by atomic mass is 32.1. The molecule has 0 aliphatic carbocycles. The molecule has 0 aliphatic rings. The summed E-state index contributed by atoms with van der Waals surface area (Å²) >= 11 is 2.66. The molecule has 0 saturated heterocycles. The lowest BCUT2D eigenvalue weighted by atomic mass is 10.2. The Bertz CT molecular complexity index is 450. The van der Waals surface area contributed by atoms with Crippen LogP contribution in [0.3, 0.4) is 0 Å². The second-order valence-corrected chi connectivity index (χ2v) is 4.66. The minimum Gasteiger partial charge on any atom is -0.293 e. The normalized spacial score (nSPS) is 10.5. The average molecular weight is 239 g/mol. The molecule has 2 aromatic heterocycles. The Labute approximate surface area is 95.2 Å². The molecule has 2 rings (SSSR count). The third-order valence-electron chi connectivity index (χ3n) is 1.94. The number of thiazole rings is 1. The van der Waals surface area contributed by atoms with Gasteiger partial charge in [0, 0.05) is 11.6 Å². The van der Waals surface area contributed by atoms with Gasteiger partial charge in [-0.2, -0.15) is 0 Å². The van der Waals surface area contributed by atoms with E-state index in [1.165, 1.54) is 22.9 Å². The van der Waals surface area contributed by atoms with Crippen LogP contribution >= 0.6 is 22.9 Å². The van der Waals surface area contributed by atoms with Crippen LogP contribution in [0.25, 0.3) is 0 Å². The van der Waals surface area contributed by atoms with Crippen molar-refractivity contribution in [3.05, 3.63) is 27.2 Å². The van der Waals surface area contributed by atoms with Crippen LogP contribution in [0.4, 0.5) is 0 Å². The molecule has 0 unspecified atom stereocenters. The Balaban J connectivity index is 2.15. The smallest absolute Gasteiger partial charge is 0.183 e. The first-order valence-corrected chi connectivity index (χ1v) is 6.19. The number of hydrogen-bond acceptors (Lipinski definition) is 6. The van der Waals surface area contributed by atoms with E-state index >= 15 is 0 Å². The van der Waals surface area contributed by atoms with E-state index in [4.69, 9.17) is 0 Å². The predicted molar refractivity (Wildman–Crippen MR) is 59.4 cm³/mol. The highest BCUT2D eigenvalue weighted by molar-refractivity contribution is 7.10. The van der Waals surface area contributed by atoms with Crippen LogP contribution < -0.4 is 0 Å². The number of hydrogen-bond donors (Lipinski definition) is 0. The van der Waals surface area contributed by atoms with Crippen molar-refractivity contribution >= 4 is 28.7 Å². The van der Waals surface area contributed by atoms with Crippen molar-refractivity contribution in [3.8, 4) is 0 Å². The molecule has 0 N–H and O–H groups in total. The highest BCUT2D eigenvalue weighted by Crippen LogP contribution is 2.15. The maximum absolute atomic E-state index is 11.8. The summed E-state index contributed by atoms with van der Waals surface area (Å²) in [6.07, 6.45) is 2.81. The largest absolute Gasteiger partial charge is 0.293 e. The Morgan fingerprint density at radius 2 is 2.40 bits per heavy atom. The fraction of sp³-hybridized carbons (Fsp3) is 0.333. The number of carbonyl (C=O) groups excluding carboxylic acids is 1. The van der Waals surface area contributed by atoms with Gasteiger partial charge in [0.05, 0.1) is 12.1 Å². The number of aromatic nitrogens is 3. The van der Waals surface area contributed by atoms with Crippen LogP contribution in [0.2, 0.25) is 0 Å². The number of nitrogens with zero attached hydrogens (tertiary/aromatic N) is 3. The number of ketones is 1. The van der Waals surface area contributed by atoms with Crippen molar-refractivity contribution in [1.29, 1.82) is 0 Å². The zero-order chi connectivity index (χ0) is 10.7. The maximum Gasteiger partial charge on any atom is 0.183 e. The third kappa shape index (κ3) is 2.27. The van der Waals surface area contributed by atoms with Gasteiger partial charge in [0.2, 0.25) is 0 Å². The van der Waals surface area contributed by atoms with E-state index in [0.29, 0.717) is 11.3 Å². The van der Waals surface area contributed by atoms with Gasteiger partial charge < -0.3 is 0 Å². The summed E-state index contributed by atoms with van der Waals surface area (Å²) in [5.74, 6) is 0.0665. The Morgan fingerprint density at radius 1 is 1.53 bits per heavy atom. The number of Topliss-reactive ketones (excluding diaryl/α,β-unsaturated/α-hetero) is 1. The molecule has 0 aliphatic heterocycles. The topological polar surface area (TPSA) is 55.7 Å². The van der Waals surface area contributed by atoms with Crippen LogP contribution in [0, 0.1) is 0 Å². The molecule has 2 aromatic rings. The number of rotatable bonds is 4. The second kappa shape index (κ2) is 4.59. The van der Waals surface area contributed by atoms with Crippen LogP contribution in [-0.2, 0) is 12.8 Å². The van der Waals surface area contributed by atoms with Crippen LogP contribution in [0.1, 0.15) is 27.3 Å². The maximum atomic E-state index is 11.8. The van der Waals surface area contributed by atoms with E-state index in [2.05, 4.69) is 14.6 Å². The summed E-state index contributed by atoms with van der Waals surface area (Å²) in [4.78, 5) is 16.6. The van der Waals surface area contributed by atoms with Gasteiger partial charge in [-0.15, -0.1) is 16.4 Å². The minimum atomic E-state index is 0.0665. The van der Waals surface area contributed by atoms with Gasteiger partial charge in [-0.3, -0.25) is 4.79 Å². The molecule has 0 aromatic carbocycles. The Hall–Kier alpha value is -1.14. The van der Waals surface area contributed by atoms with Gasteiger partial charge in [-0.05, 0) is 18.0 Å². The minimum absolute atomic E-state index is 0.0665. The van der Waals surface area contributed by atoms with Crippen molar-refractivity contribution in [2.45, 2.75) is 19.8 Å². The SMILES string of the molecule is CCc1nnsc1C(=O)Cc1nccs1. The summed E-state index contributed by atoms with van der Waals surface area (Å²) in [5.41, 5.74) is 0.793. The van der Waals surface area contributed by atoms with E-state index in [1.807, 2.05) is 12.3 Å². The van der Waals surface area contributed by atoms with Crippen LogP contribution in [-0.4, -0.2) is 20.4 Å². The quantitative estimate of drug-likeness (QED) is 0.766. The molecule has 0 fully saturated rings. The molecule has 6 heteroatoms. The van der Waals surface area contributed by atoms with Crippen molar-refractivity contribution in [2.75, 3.05) is 0 Å². The lowest BCUT2D eigenvalue weighted by Crippen LogP contribution is -2.04. The van der Waals surface area contributed by atoms with Crippen LogP contribution in [0.5, 0.6) is 0 Å². The zero-order valence-electron chi connectivity index (χ0n) is 8.14. The Morgan fingerprint density at radius 3 is 3.07 bits per heavy atom. The first kappa shape index (κ1) is 10.4. The van der Waals surface area contributed by atoms with Gasteiger partial charge in [-0.25, -0.2) is 4.98 Å². The molecule has 2 heterocycles. The molecular formula is C9H9N3OS2. The molecule has 15 heavy (non-hydrogen) atoms. The molecule has 0 radical (unpaired) electrons. The summed E-state index contributed by atoms with van der Waals surface area (Å²) in [7, 11) is 0. The monoisotopic (exact) mass is 239 g/mol. The standard InChI is InChI=1S/C9H9N3OS2/c1-2-6-9(15-12-11-6)7(13)5-8-10-3-4-14-8/h3-4H,2,5H2,1H3. The number of carbonyl (C=O) groups is 1. The molecule has 0 saturated carbocycles. The van der Waals surface area contributed by atoms with E-state index in [9.17, 15) is 4.79 Å². The summed E-state index contributed by atoms with van der Waals surface area (Å²) in [6.45, 7) is 1.97. The lowest BCUT2D eigenvalue weighted by molar-refractivity contribution is 0.0995. The predicted octanol–water partition coefficient (Wildman–Crippen LogP) is 1.98. The van der Waals surface area contributed by atoms with E-state index < -0.39 is 0 Å². The van der Waals surface area contributed by atoms with Gasteiger partial charge >= 0.3 is 0 Å². The van der Waals surface area contributed by atoms with Crippen LogP contribution in [0.15, 0.2) is 11.6 Å². The van der Waals surface area contributed by atoms with Crippen molar-refractivity contribution < 1.29 is 4.79 Å². The van der Waals surface area contributed by atoms with E-state index in [0.717, 1.165) is 17.1 Å². The molecule has 0 atom stereocenters. The van der Waals surface area contributed by atoms with Gasteiger partial charge in [-0.1, -0.05) is 11.4 Å². The Kier molecular flexibility index (Phi) is 3.17. The molecular weight excluding hydrogens is 230 g/mol. The second-order valence-electron chi connectivity index (χ2n) is 2.93. The first-order valence-electron chi connectivity index (χ1n) is 4.54. The van der Waals surface area contributed by atoms with Crippen molar-refractivity contribution in [3.63, 3.8) is 0 Å². The molecule has 4 nitrogen and oxygen atoms in total. The average Bonchev–Trinajstić information content (AvgIpc) is 2.86. The first-order chi connectivity index (χ1) is 7.31. The van der Waals surface area contributed by atoms with Gasteiger partial charge in [0.25, 0.3) is 0 Å². The summed E-state index contributed by atoms with van der Waals surface area (Å²) in [6, 6.07) is 0. The van der Waals surface area contributed by atoms with Crippen molar-refractivity contribution in [1.82, 2.24) is 14.6 Å². The van der Waals surface area contributed by atoms with E-state index in [1.54, 1.807) is 6.20 Å². The fourth-order valence-electron chi connectivity index (χ4n) is 1.21. The molecule has 0 spiro atoms. The third-order valence-corrected chi connectivity index (χ3v) is 3.53. The van der Waals surface area contributed by atoms with Crippen molar-refractivity contribution in [2.24, 2.45) is 0 Å². The molecule has 78 valence electrons. The zero-order valence-corrected chi connectivity index (χ0v) is 9.77. The van der Waals surface area contributed by atoms with Gasteiger partial charge in [0.15, 0.2) is 5.78 Å². The van der Waals surface area contributed by atoms with Gasteiger partial charge in [0.1, 0.15) is 9.88 Å². The molecule has 0 amide bonds. The lowest BCUT2D eigenvalue weighted by Gasteiger charge is -1.95. The highest BCUT2D eigenvalue weighted by Gasteiger charge is 2.16.